The fraction of sp³-hybridized carbons (Fsp3) is 0.385. The van der Waals surface area contributed by atoms with Crippen LogP contribution >= 0.6 is 23.2 Å². The van der Waals surface area contributed by atoms with Crippen LogP contribution in [0.2, 0.25) is 10.0 Å². The number of methoxy groups -OCH3 is 1. The van der Waals surface area contributed by atoms with Gasteiger partial charge >= 0.3 is 0 Å². The first-order valence-corrected chi connectivity index (χ1v) is 6.45. The van der Waals surface area contributed by atoms with Crippen molar-refractivity contribution in [2.75, 3.05) is 26.8 Å². The number of carbonyl (C=O) groups is 1. The van der Waals surface area contributed by atoms with E-state index >= 15 is 0 Å². The minimum Gasteiger partial charge on any atom is -0.383 e. The quantitative estimate of drug-likeness (QED) is 0.811. The Balaban J connectivity index is 2.87. The molecule has 0 spiro atoms. The number of nitrogens with zero attached hydrogens (tertiary/aromatic N) is 2. The van der Waals surface area contributed by atoms with E-state index in [9.17, 15) is 4.79 Å². The zero-order valence-electron chi connectivity index (χ0n) is 10.5. The largest absolute Gasteiger partial charge is 0.383 e. The summed E-state index contributed by atoms with van der Waals surface area (Å²) in [4.78, 5) is 13.9. The maximum absolute atomic E-state index is 12.3. The molecule has 1 aromatic rings. The standard InChI is InChI=1S/C13H14Cl2N2O2/c1-19-6-5-17(4-2-3-16)13(18)10-7-11(14)9-12(15)8-10/h7-9H,2,4-6H2,1H3. The van der Waals surface area contributed by atoms with Crippen LogP contribution in [-0.2, 0) is 4.74 Å². The molecule has 0 aliphatic rings. The van der Waals surface area contributed by atoms with Gasteiger partial charge in [0.15, 0.2) is 0 Å². The van der Waals surface area contributed by atoms with E-state index in [0.717, 1.165) is 0 Å². The molecule has 0 aromatic heterocycles. The minimum absolute atomic E-state index is 0.211. The molecule has 0 aliphatic carbocycles. The Morgan fingerprint density at radius 3 is 2.47 bits per heavy atom. The van der Waals surface area contributed by atoms with E-state index in [2.05, 4.69) is 0 Å². The van der Waals surface area contributed by atoms with Crippen molar-refractivity contribution in [3.05, 3.63) is 33.8 Å². The third-order valence-electron chi connectivity index (χ3n) is 2.46. The number of rotatable bonds is 6. The summed E-state index contributed by atoms with van der Waals surface area (Å²) in [6, 6.07) is 6.70. The van der Waals surface area contributed by atoms with Gasteiger partial charge in [-0.2, -0.15) is 5.26 Å². The third kappa shape index (κ3) is 5.07. The van der Waals surface area contributed by atoms with E-state index < -0.39 is 0 Å². The third-order valence-corrected chi connectivity index (χ3v) is 2.89. The van der Waals surface area contributed by atoms with Gasteiger partial charge in [-0.15, -0.1) is 0 Å². The van der Waals surface area contributed by atoms with Crippen LogP contribution in [-0.4, -0.2) is 37.6 Å². The summed E-state index contributed by atoms with van der Waals surface area (Å²) in [6.07, 6.45) is 0.268. The SMILES string of the molecule is COCCN(CCC#N)C(=O)c1cc(Cl)cc(Cl)c1. The molecule has 0 saturated heterocycles. The van der Waals surface area contributed by atoms with E-state index in [1.807, 2.05) is 6.07 Å². The number of ether oxygens (including phenoxy) is 1. The molecule has 0 fully saturated rings. The smallest absolute Gasteiger partial charge is 0.254 e. The highest BCUT2D eigenvalue weighted by atomic mass is 35.5. The van der Waals surface area contributed by atoms with Crippen LogP contribution in [0.1, 0.15) is 16.8 Å². The molecule has 1 amide bonds. The molecule has 0 aliphatic heterocycles. The van der Waals surface area contributed by atoms with E-state index in [0.29, 0.717) is 35.3 Å². The summed E-state index contributed by atoms with van der Waals surface area (Å²) in [5.74, 6) is -0.211. The van der Waals surface area contributed by atoms with E-state index in [4.69, 9.17) is 33.2 Å². The highest BCUT2D eigenvalue weighted by Gasteiger charge is 2.16. The number of hydrogen-bond acceptors (Lipinski definition) is 3. The van der Waals surface area contributed by atoms with Gasteiger partial charge in [0.25, 0.3) is 5.91 Å². The zero-order valence-corrected chi connectivity index (χ0v) is 12.0. The average molecular weight is 301 g/mol. The molecular weight excluding hydrogens is 287 g/mol. The fourth-order valence-electron chi connectivity index (χ4n) is 1.56. The number of hydrogen-bond donors (Lipinski definition) is 0. The Labute approximate surface area is 122 Å². The second kappa shape index (κ2) is 8.00. The monoisotopic (exact) mass is 300 g/mol. The van der Waals surface area contributed by atoms with Gasteiger partial charge in [-0.3, -0.25) is 4.79 Å². The van der Waals surface area contributed by atoms with Gasteiger partial charge < -0.3 is 9.64 Å². The van der Waals surface area contributed by atoms with Gasteiger partial charge in [-0.05, 0) is 18.2 Å². The van der Waals surface area contributed by atoms with Gasteiger partial charge in [0.2, 0.25) is 0 Å². The van der Waals surface area contributed by atoms with Gasteiger partial charge in [-0.1, -0.05) is 23.2 Å². The van der Waals surface area contributed by atoms with Crippen molar-refractivity contribution in [1.29, 1.82) is 5.26 Å². The van der Waals surface area contributed by atoms with Crippen molar-refractivity contribution in [3.63, 3.8) is 0 Å². The van der Waals surface area contributed by atoms with Crippen LogP contribution in [0.15, 0.2) is 18.2 Å². The molecule has 0 unspecified atom stereocenters. The molecule has 19 heavy (non-hydrogen) atoms. The molecule has 102 valence electrons. The Bertz CT molecular complexity index is 466. The van der Waals surface area contributed by atoms with Crippen LogP contribution in [0.3, 0.4) is 0 Å². The molecule has 0 saturated carbocycles. The van der Waals surface area contributed by atoms with Crippen LogP contribution in [0.4, 0.5) is 0 Å². The molecule has 4 nitrogen and oxygen atoms in total. The summed E-state index contributed by atoms with van der Waals surface area (Å²) in [7, 11) is 1.56. The molecule has 0 bridgehead atoms. The van der Waals surface area contributed by atoms with E-state index in [-0.39, 0.29) is 12.3 Å². The maximum atomic E-state index is 12.3. The fourth-order valence-corrected chi connectivity index (χ4v) is 2.09. The molecule has 0 heterocycles. The Morgan fingerprint density at radius 1 is 1.32 bits per heavy atom. The first kappa shape index (κ1) is 15.8. The summed E-state index contributed by atoms with van der Waals surface area (Å²) >= 11 is 11.8. The first-order valence-electron chi connectivity index (χ1n) is 5.69. The average Bonchev–Trinajstić information content (AvgIpc) is 2.37. The number of benzene rings is 1. The van der Waals surface area contributed by atoms with Gasteiger partial charge in [0, 0.05) is 35.8 Å². The lowest BCUT2D eigenvalue weighted by Crippen LogP contribution is -2.34. The first-order chi connectivity index (χ1) is 9.08. The molecule has 1 rings (SSSR count). The predicted octanol–water partition coefficient (Wildman–Crippen LogP) is 3.00. The Morgan fingerprint density at radius 2 is 1.95 bits per heavy atom. The highest BCUT2D eigenvalue weighted by Crippen LogP contribution is 2.20. The van der Waals surface area contributed by atoms with Crippen LogP contribution in [0, 0.1) is 11.3 Å². The molecule has 1 aromatic carbocycles. The van der Waals surface area contributed by atoms with Crippen LogP contribution < -0.4 is 0 Å². The predicted molar refractivity (Wildman–Crippen MR) is 74.5 cm³/mol. The highest BCUT2D eigenvalue weighted by molar-refractivity contribution is 6.35. The van der Waals surface area contributed by atoms with Gasteiger partial charge in [-0.25, -0.2) is 0 Å². The minimum atomic E-state index is -0.211. The normalized spacial score (nSPS) is 10.0. The van der Waals surface area contributed by atoms with Crippen molar-refractivity contribution in [2.24, 2.45) is 0 Å². The molecule has 0 radical (unpaired) electrons. The van der Waals surface area contributed by atoms with Crippen LogP contribution in [0.5, 0.6) is 0 Å². The molecule has 0 atom stereocenters. The summed E-state index contributed by atoms with van der Waals surface area (Å²) < 4.78 is 4.96. The van der Waals surface area contributed by atoms with Crippen molar-refractivity contribution >= 4 is 29.1 Å². The number of amides is 1. The topological polar surface area (TPSA) is 53.3 Å². The Kier molecular flexibility index (Phi) is 6.65. The van der Waals surface area contributed by atoms with E-state index in [1.54, 1.807) is 30.2 Å². The van der Waals surface area contributed by atoms with E-state index in [1.165, 1.54) is 0 Å². The Hall–Kier alpha value is -1.28. The van der Waals surface area contributed by atoms with Crippen LogP contribution in [0.25, 0.3) is 0 Å². The summed E-state index contributed by atoms with van der Waals surface area (Å²) in [5, 5.41) is 9.43. The molecular formula is C13H14Cl2N2O2. The summed E-state index contributed by atoms with van der Waals surface area (Å²) in [6.45, 7) is 1.18. The van der Waals surface area contributed by atoms with Crippen molar-refractivity contribution < 1.29 is 9.53 Å². The number of nitriles is 1. The van der Waals surface area contributed by atoms with Crippen molar-refractivity contribution in [2.45, 2.75) is 6.42 Å². The number of halogens is 2. The van der Waals surface area contributed by atoms with Crippen molar-refractivity contribution in [3.8, 4) is 6.07 Å². The van der Waals surface area contributed by atoms with Gasteiger partial charge in [0.1, 0.15) is 0 Å². The lowest BCUT2D eigenvalue weighted by atomic mass is 10.2. The molecule has 0 N–H and O–H groups in total. The number of carbonyl (C=O) groups excluding carboxylic acids is 1. The lowest BCUT2D eigenvalue weighted by molar-refractivity contribution is 0.0700. The lowest BCUT2D eigenvalue weighted by Gasteiger charge is -2.21. The zero-order chi connectivity index (χ0) is 14.3. The maximum Gasteiger partial charge on any atom is 0.254 e. The molecule has 6 heteroatoms. The summed E-state index contributed by atoms with van der Waals surface area (Å²) in [5.41, 5.74) is 0.409. The second-order valence-corrected chi connectivity index (χ2v) is 4.72. The van der Waals surface area contributed by atoms with Crippen molar-refractivity contribution in [1.82, 2.24) is 4.90 Å². The van der Waals surface area contributed by atoms with Gasteiger partial charge in [0.05, 0.1) is 19.1 Å². The second-order valence-electron chi connectivity index (χ2n) is 3.85.